The number of rotatable bonds is 35. The van der Waals surface area contributed by atoms with Gasteiger partial charge in [-0.1, -0.05) is 182 Å². The van der Waals surface area contributed by atoms with Crippen LogP contribution in [0.3, 0.4) is 0 Å². The molecule has 0 aliphatic carbocycles. The van der Waals surface area contributed by atoms with E-state index >= 15 is 0 Å². The van der Waals surface area contributed by atoms with Gasteiger partial charge in [0, 0.05) is 48.5 Å². The van der Waals surface area contributed by atoms with Crippen LogP contribution in [0.15, 0.2) is 182 Å². The highest BCUT2D eigenvalue weighted by molar-refractivity contribution is 5.69. The smallest absolute Gasteiger partial charge is 0.303 e. The van der Waals surface area contributed by atoms with Crippen molar-refractivity contribution in [3.8, 4) is 0 Å². The summed E-state index contributed by atoms with van der Waals surface area (Å²) in [5.74, 6) is -6.57. The first-order valence-corrected chi connectivity index (χ1v) is 35.5. The van der Waals surface area contributed by atoms with Gasteiger partial charge in [0.2, 0.25) is 0 Å². The van der Waals surface area contributed by atoms with Gasteiger partial charge in [-0.25, -0.2) is 0 Å². The van der Waals surface area contributed by atoms with E-state index in [1.54, 1.807) is 24.3 Å². The van der Waals surface area contributed by atoms with Crippen LogP contribution in [0, 0.1) is 0 Å². The lowest BCUT2D eigenvalue weighted by Gasteiger charge is -2.51. The summed E-state index contributed by atoms with van der Waals surface area (Å²) in [5, 5.41) is 13.0. The molecule has 0 unspecified atom stereocenters. The Morgan fingerprint density at radius 2 is 0.537 bits per heavy atom. The molecule has 4 fully saturated rings. The van der Waals surface area contributed by atoms with Crippen LogP contribution >= 0.6 is 0 Å². The molecule has 6 aromatic carbocycles. The molecule has 108 heavy (non-hydrogen) atoms. The number of carbonyl (C=O) groups excluding carboxylic acids is 7. The summed E-state index contributed by atoms with van der Waals surface area (Å²) in [6.45, 7) is 5.59. The minimum atomic E-state index is -2.11. The number of carbonyl (C=O) groups is 7. The number of esters is 7. The third-order valence-corrected chi connectivity index (χ3v) is 17.6. The van der Waals surface area contributed by atoms with Gasteiger partial charge >= 0.3 is 41.8 Å². The SMILES string of the molecule is CC(=O)OC[C@H]1O[C@H](O[C@@H]2[C@@H](O[C@H]3[C@@H](OCc4ccccc4)[C@H](O[C@@H]4O[C@H](COCc5ccccc5)[C@H](OCc5ccccc5)[C@H](OCc5ccccc5)[C@H]4OCc4ccccc4)[C@@H](COCc4ccccc4)O[C@H]3O)O[C@H](COC(C)=O)[C@@H](OC(C)=O)[C@@H]2OC(C)=O)[C@@H](OC(C)=O)[C@@H](OC(C)=O)[C@@H]1OC(C)=O. The largest absolute Gasteiger partial charge is 0.463 e. The molecule has 0 saturated carbocycles. The van der Waals surface area contributed by atoms with Gasteiger partial charge in [0.15, 0.2) is 61.8 Å². The molecule has 6 aromatic rings. The summed E-state index contributed by atoms with van der Waals surface area (Å²) in [5.41, 5.74) is 4.70. The van der Waals surface area contributed by atoms with Gasteiger partial charge in [-0.05, 0) is 33.4 Å². The van der Waals surface area contributed by atoms with Crippen LogP contribution in [-0.4, -0.2) is 196 Å². The van der Waals surface area contributed by atoms with Gasteiger partial charge in [0.25, 0.3) is 0 Å². The number of hydrogen-bond acceptors (Lipinski definition) is 28. The summed E-state index contributed by atoms with van der Waals surface area (Å²) in [6, 6.07) is 56.3. The molecule has 1 N–H and O–H groups in total. The maximum atomic E-state index is 13.7. The highest BCUT2D eigenvalue weighted by Gasteiger charge is 2.61. The summed E-state index contributed by atoms with van der Waals surface area (Å²) in [7, 11) is 0. The Morgan fingerprint density at radius 3 is 0.907 bits per heavy atom. The lowest BCUT2D eigenvalue weighted by Crippen LogP contribution is -2.69. The fourth-order valence-corrected chi connectivity index (χ4v) is 12.9. The van der Waals surface area contributed by atoms with E-state index < -0.39 is 178 Å². The van der Waals surface area contributed by atoms with Crippen molar-refractivity contribution in [2.45, 2.75) is 211 Å². The molecule has 28 nitrogen and oxygen atoms in total. The van der Waals surface area contributed by atoms with Crippen molar-refractivity contribution in [2.24, 2.45) is 0 Å². The van der Waals surface area contributed by atoms with E-state index in [-0.39, 0.29) is 52.9 Å². The lowest BCUT2D eigenvalue weighted by molar-refractivity contribution is -0.404. The van der Waals surface area contributed by atoms with Crippen molar-refractivity contribution in [3.05, 3.63) is 215 Å². The molecule has 0 bridgehead atoms. The van der Waals surface area contributed by atoms with E-state index in [2.05, 4.69) is 0 Å². The predicted octanol–water partition coefficient (Wildman–Crippen LogP) is 7.59. The number of aliphatic hydroxyl groups excluding tert-OH is 1. The summed E-state index contributed by atoms with van der Waals surface area (Å²) < 4.78 is 130. The molecule has 0 radical (unpaired) electrons. The zero-order valence-corrected chi connectivity index (χ0v) is 60.9. The van der Waals surface area contributed by atoms with E-state index in [1.807, 2.05) is 158 Å². The lowest BCUT2D eigenvalue weighted by atomic mass is 9.95. The van der Waals surface area contributed by atoms with E-state index in [9.17, 15) is 38.7 Å². The Kier molecular flexibility index (Phi) is 31.0. The zero-order chi connectivity index (χ0) is 76.5. The van der Waals surface area contributed by atoms with Gasteiger partial charge < -0.3 is 99.8 Å². The molecule has 10 rings (SSSR count). The van der Waals surface area contributed by atoms with Crippen molar-refractivity contribution in [1.82, 2.24) is 0 Å². The fraction of sp³-hybridized carbons (Fsp3) is 0.463. The Morgan fingerprint density at radius 1 is 0.269 bits per heavy atom. The molecule has 4 aliphatic heterocycles. The number of ether oxygens (including phenoxy) is 20. The van der Waals surface area contributed by atoms with Crippen molar-refractivity contribution in [2.75, 3.05) is 26.4 Å². The average molecular weight is 1500 g/mol. The number of aliphatic hydroxyl groups is 1. The van der Waals surface area contributed by atoms with Crippen LogP contribution in [0.25, 0.3) is 0 Å². The van der Waals surface area contributed by atoms with Gasteiger partial charge in [0.1, 0.15) is 74.3 Å². The molecule has 0 aromatic heterocycles. The maximum Gasteiger partial charge on any atom is 0.303 e. The third kappa shape index (κ3) is 24.0. The highest BCUT2D eigenvalue weighted by Crippen LogP contribution is 2.41. The van der Waals surface area contributed by atoms with E-state index in [4.69, 9.17) is 94.7 Å². The second kappa shape index (κ2) is 41.0. The van der Waals surface area contributed by atoms with E-state index in [1.165, 1.54) is 0 Å². The van der Waals surface area contributed by atoms with Crippen molar-refractivity contribution < 1.29 is 133 Å². The van der Waals surface area contributed by atoms with E-state index in [0.717, 1.165) is 76.3 Å². The molecule has 0 amide bonds. The van der Waals surface area contributed by atoms with Gasteiger partial charge in [0.05, 0.1) is 52.9 Å². The van der Waals surface area contributed by atoms with Crippen LogP contribution in [0.5, 0.6) is 0 Å². The normalized spacial score (nSPS) is 28.3. The van der Waals surface area contributed by atoms with Gasteiger partial charge in [-0.15, -0.1) is 0 Å². The van der Waals surface area contributed by atoms with Crippen LogP contribution in [0.4, 0.5) is 0 Å². The Labute approximate surface area is 625 Å². The molecule has 4 aliphatic rings. The van der Waals surface area contributed by atoms with Crippen LogP contribution < -0.4 is 0 Å². The molecule has 4 heterocycles. The van der Waals surface area contributed by atoms with Crippen molar-refractivity contribution >= 4 is 41.8 Å². The first-order chi connectivity index (χ1) is 52.2. The molecule has 4 saturated heterocycles. The van der Waals surface area contributed by atoms with Crippen LogP contribution in [0.2, 0.25) is 0 Å². The Balaban J connectivity index is 1.13. The Hall–Kier alpha value is -8.95. The summed E-state index contributed by atoms with van der Waals surface area (Å²) in [6.07, 6.45) is -32.8. The topological polar surface area (TPSA) is 324 Å². The van der Waals surface area contributed by atoms with Gasteiger partial charge in [-0.3, -0.25) is 33.6 Å². The second-order valence-electron chi connectivity index (χ2n) is 26.0. The molecular formula is C80H92O28. The molecular weight excluding hydrogens is 1410 g/mol. The van der Waals surface area contributed by atoms with E-state index in [0.29, 0.717) is 5.56 Å². The number of hydrogen-bond donors (Lipinski definition) is 1. The third-order valence-electron chi connectivity index (χ3n) is 17.6. The summed E-state index contributed by atoms with van der Waals surface area (Å²) >= 11 is 0. The molecule has 20 atom stereocenters. The van der Waals surface area contributed by atoms with Crippen LogP contribution in [-0.2, 0) is 168 Å². The van der Waals surface area contributed by atoms with Crippen LogP contribution in [0.1, 0.15) is 81.8 Å². The molecule has 28 heteroatoms. The average Bonchev–Trinajstić information content (AvgIpc) is 0.761. The minimum absolute atomic E-state index is 0.0179. The maximum absolute atomic E-state index is 13.7. The predicted molar refractivity (Wildman–Crippen MR) is 375 cm³/mol. The summed E-state index contributed by atoms with van der Waals surface area (Å²) in [4.78, 5) is 91.7. The Bertz CT molecular complexity index is 3770. The zero-order valence-electron chi connectivity index (χ0n) is 60.9. The first kappa shape index (κ1) is 81.6. The van der Waals surface area contributed by atoms with Gasteiger partial charge in [-0.2, -0.15) is 0 Å². The fourth-order valence-electron chi connectivity index (χ4n) is 12.9. The molecule has 0 spiro atoms. The quantitative estimate of drug-likeness (QED) is 0.0296. The van der Waals surface area contributed by atoms with Crippen molar-refractivity contribution in [3.63, 3.8) is 0 Å². The monoisotopic (exact) mass is 1500 g/mol. The second-order valence-corrected chi connectivity index (χ2v) is 26.0. The first-order valence-electron chi connectivity index (χ1n) is 35.5. The minimum Gasteiger partial charge on any atom is -0.463 e. The standard InChI is InChI=1S/C80H92O28/c1-48(81)91-46-63-67(97-50(3)83)71(99-52(5)85)75(101-54(7)87)79(104-63)108-76-72(100-53(6)86)68(98-51(4)84)64(47-92-49(2)82)105-80(76)107-73-70(95-42-59-34-22-12-23-35-59)66(62(102-77(73)88)45-90-39-56-28-16-9-17-29-56)106-78-74(96-43-60-36-24-13-25-37-60)69(94-41-58-32-20-11-21-33-58)65(93-40-57-30-18-10-19-31-57)61(103-78)44-89-38-55-26-14-8-15-27-55/h8-37,61-80,88H,38-47H2,1-7H3/t61-,62-,63-,64-,65+,66-,67-,68-,69+,70+,71+,72+,73+,74-,75+,76+,77-,78+,79-,80-/m1/s1. The highest BCUT2D eigenvalue weighted by atomic mass is 16.8. The molecule has 580 valence electrons. The number of benzene rings is 6. The van der Waals surface area contributed by atoms with Crippen molar-refractivity contribution in [1.29, 1.82) is 0 Å².